The molecule has 0 aromatic heterocycles. The molecule has 1 fully saturated rings. The summed E-state index contributed by atoms with van der Waals surface area (Å²) in [6, 6.07) is 19.3. The number of hydrogen-bond donors (Lipinski definition) is 1. The van der Waals surface area contributed by atoms with Crippen molar-refractivity contribution in [3.8, 4) is 11.1 Å². The maximum absolute atomic E-state index is 5.87. The third-order valence-corrected chi connectivity index (χ3v) is 4.58. The van der Waals surface area contributed by atoms with Crippen molar-refractivity contribution < 1.29 is 4.74 Å². The summed E-state index contributed by atoms with van der Waals surface area (Å²) in [4.78, 5) is 0. The molecule has 1 saturated heterocycles. The van der Waals surface area contributed by atoms with Crippen molar-refractivity contribution in [3.63, 3.8) is 0 Å². The summed E-state index contributed by atoms with van der Waals surface area (Å²) in [6.07, 6.45) is 0. The summed E-state index contributed by atoms with van der Waals surface area (Å²) in [5, 5.41) is 0. The number of hydrogen-bond acceptors (Lipinski definition) is 2. The van der Waals surface area contributed by atoms with Gasteiger partial charge in [-0.2, -0.15) is 0 Å². The van der Waals surface area contributed by atoms with Crippen LogP contribution >= 0.6 is 0 Å². The van der Waals surface area contributed by atoms with Crippen LogP contribution in [0.1, 0.15) is 12.5 Å². The second-order valence-corrected chi connectivity index (χ2v) is 5.73. The Balaban J connectivity index is 1.90. The highest BCUT2D eigenvalue weighted by Gasteiger charge is 2.44. The van der Waals surface area contributed by atoms with Crippen molar-refractivity contribution in [1.82, 2.24) is 0 Å². The molecule has 1 heterocycles. The average molecular weight is 267 g/mol. The van der Waals surface area contributed by atoms with Crippen LogP contribution in [0.4, 0.5) is 0 Å². The zero-order valence-corrected chi connectivity index (χ0v) is 11.9. The van der Waals surface area contributed by atoms with E-state index in [1.165, 1.54) is 16.7 Å². The SMILES string of the molecule is CC(CN)C1(c2ccc(-c3ccccc3)cc2)COC1. The molecular formula is C18H21NO. The minimum Gasteiger partial charge on any atom is -0.379 e. The molecule has 104 valence electrons. The summed E-state index contributed by atoms with van der Waals surface area (Å²) in [6.45, 7) is 4.49. The van der Waals surface area contributed by atoms with Gasteiger partial charge >= 0.3 is 0 Å². The van der Waals surface area contributed by atoms with Crippen LogP contribution in [0.25, 0.3) is 11.1 Å². The third-order valence-electron chi connectivity index (χ3n) is 4.58. The largest absolute Gasteiger partial charge is 0.379 e. The van der Waals surface area contributed by atoms with Gasteiger partial charge in [0.05, 0.1) is 13.2 Å². The smallest absolute Gasteiger partial charge is 0.0588 e. The van der Waals surface area contributed by atoms with Crippen molar-refractivity contribution in [3.05, 3.63) is 60.2 Å². The standard InChI is InChI=1S/C18H21NO/c1-14(11-19)18(12-20-13-18)17-9-7-16(8-10-17)15-5-3-2-4-6-15/h2-10,14H,11-13,19H2,1H3. The van der Waals surface area contributed by atoms with E-state index in [2.05, 4.69) is 55.5 Å². The van der Waals surface area contributed by atoms with E-state index in [0.29, 0.717) is 12.5 Å². The summed E-state index contributed by atoms with van der Waals surface area (Å²) in [5.41, 5.74) is 9.84. The number of rotatable bonds is 4. The van der Waals surface area contributed by atoms with Crippen molar-refractivity contribution in [2.24, 2.45) is 11.7 Å². The molecule has 1 unspecified atom stereocenters. The van der Waals surface area contributed by atoms with Gasteiger partial charge in [-0.05, 0) is 29.2 Å². The predicted molar refractivity (Wildman–Crippen MR) is 82.6 cm³/mol. The second kappa shape index (κ2) is 5.39. The van der Waals surface area contributed by atoms with Crippen LogP contribution in [0.3, 0.4) is 0 Å². The minimum absolute atomic E-state index is 0.115. The van der Waals surface area contributed by atoms with Gasteiger partial charge in [0, 0.05) is 5.41 Å². The van der Waals surface area contributed by atoms with Gasteiger partial charge in [-0.25, -0.2) is 0 Å². The topological polar surface area (TPSA) is 35.2 Å². The van der Waals surface area contributed by atoms with E-state index in [9.17, 15) is 0 Å². The van der Waals surface area contributed by atoms with Gasteiger partial charge in [-0.1, -0.05) is 61.5 Å². The maximum Gasteiger partial charge on any atom is 0.0588 e. The summed E-state index contributed by atoms with van der Waals surface area (Å²) < 4.78 is 5.47. The first kappa shape index (κ1) is 13.3. The molecule has 2 heteroatoms. The molecule has 0 saturated carbocycles. The lowest BCUT2D eigenvalue weighted by molar-refractivity contribution is -0.0854. The van der Waals surface area contributed by atoms with E-state index in [0.717, 1.165) is 13.2 Å². The molecule has 2 N–H and O–H groups in total. The van der Waals surface area contributed by atoms with Gasteiger partial charge in [0.15, 0.2) is 0 Å². The fourth-order valence-electron chi connectivity index (χ4n) is 2.91. The Morgan fingerprint density at radius 1 is 1.00 bits per heavy atom. The van der Waals surface area contributed by atoms with Gasteiger partial charge in [-0.3, -0.25) is 0 Å². The number of ether oxygens (including phenoxy) is 1. The van der Waals surface area contributed by atoms with Crippen LogP contribution in [0.5, 0.6) is 0 Å². The number of benzene rings is 2. The fourth-order valence-corrected chi connectivity index (χ4v) is 2.91. The molecule has 0 aliphatic carbocycles. The number of nitrogens with two attached hydrogens (primary N) is 1. The first-order valence-electron chi connectivity index (χ1n) is 7.20. The fraction of sp³-hybridized carbons (Fsp3) is 0.333. The van der Waals surface area contributed by atoms with Gasteiger partial charge in [0.2, 0.25) is 0 Å². The van der Waals surface area contributed by atoms with Crippen LogP contribution in [0, 0.1) is 5.92 Å². The Kier molecular flexibility index (Phi) is 3.60. The molecule has 2 aromatic carbocycles. The Hall–Kier alpha value is -1.64. The molecule has 1 atom stereocenters. The van der Waals surface area contributed by atoms with Crippen molar-refractivity contribution in [2.45, 2.75) is 12.3 Å². The first-order valence-corrected chi connectivity index (χ1v) is 7.20. The van der Waals surface area contributed by atoms with Gasteiger partial charge in [0.1, 0.15) is 0 Å². The van der Waals surface area contributed by atoms with Crippen LogP contribution in [0.15, 0.2) is 54.6 Å². The van der Waals surface area contributed by atoms with Crippen LogP contribution in [-0.4, -0.2) is 19.8 Å². The monoisotopic (exact) mass is 267 g/mol. The van der Waals surface area contributed by atoms with E-state index >= 15 is 0 Å². The van der Waals surface area contributed by atoms with Crippen molar-refractivity contribution in [1.29, 1.82) is 0 Å². The lowest BCUT2D eigenvalue weighted by Crippen LogP contribution is -2.53. The van der Waals surface area contributed by atoms with Crippen LogP contribution < -0.4 is 5.73 Å². The zero-order chi connectivity index (χ0) is 14.0. The van der Waals surface area contributed by atoms with E-state index in [1.807, 2.05) is 6.07 Å². The summed E-state index contributed by atoms with van der Waals surface area (Å²) in [7, 11) is 0. The minimum atomic E-state index is 0.115. The van der Waals surface area contributed by atoms with Crippen molar-refractivity contribution in [2.75, 3.05) is 19.8 Å². The molecule has 1 aliphatic heterocycles. The Labute approximate surface area is 120 Å². The second-order valence-electron chi connectivity index (χ2n) is 5.73. The van der Waals surface area contributed by atoms with E-state index < -0.39 is 0 Å². The highest BCUT2D eigenvalue weighted by molar-refractivity contribution is 5.63. The molecule has 0 radical (unpaired) electrons. The Morgan fingerprint density at radius 2 is 1.60 bits per heavy atom. The normalized spacial score (nSPS) is 18.3. The van der Waals surface area contributed by atoms with Gasteiger partial charge in [0.25, 0.3) is 0 Å². The molecular weight excluding hydrogens is 246 g/mol. The Morgan fingerprint density at radius 3 is 2.10 bits per heavy atom. The molecule has 2 nitrogen and oxygen atoms in total. The van der Waals surface area contributed by atoms with E-state index in [4.69, 9.17) is 10.5 Å². The molecule has 2 aromatic rings. The Bertz CT molecular complexity index is 558. The lowest BCUT2D eigenvalue weighted by Gasteiger charge is -2.46. The van der Waals surface area contributed by atoms with Crippen LogP contribution in [0.2, 0.25) is 0 Å². The molecule has 1 aliphatic rings. The predicted octanol–water partition coefficient (Wildman–Crippen LogP) is 3.22. The molecule has 0 bridgehead atoms. The molecule has 0 spiro atoms. The first-order chi connectivity index (χ1) is 9.76. The highest BCUT2D eigenvalue weighted by atomic mass is 16.5. The molecule has 20 heavy (non-hydrogen) atoms. The van der Waals surface area contributed by atoms with Crippen LogP contribution in [-0.2, 0) is 10.2 Å². The molecule has 3 rings (SSSR count). The third kappa shape index (κ3) is 2.15. The average Bonchev–Trinajstić information content (AvgIpc) is 2.47. The highest BCUT2D eigenvalue weighted by Crippen LogP contribution is 2.39. The summed E-state index contributed by atoms with van der Waals surface area (Å²) >= 11 is 0. The van der Waals surface area contributed by atoms with Crippen molar-refractivity contribution >= 4 is 0 Å². The van der Waals surface area contributed by atoms with E-state index in [-0.39, 0.29) is 5.41 Å². The van der Waals surface area contributed by atoms with Gasteiger partial charge in [-0.15, -0.1) is 0 Å². The quantitative estimate of drug-likeness (QED) is 0.923. The lowest BCUT2D eigenvalue weighted by atomic mass is 9.69. The van der Waals surface area contributed by atoms with Gasteiger partial charge < -0.3 is 10.5 Å². The maximum atomic E-state index is 5.87. The zero-order valence-electron chi connectivity index (χ0n) is 11.9. The van der Waals surface area contributed by atoms with E-state index in [1.54, 1.807) is 0 Å². The summed E-state index contributed by atoms with van der Waals surface area (Å²) in [5.74, 6) is 0.443. The molecule has 0 amide bonds.